The third-order valence-corrected chi connectivity index (χ3v) is 2.37. The number of pyridine rings is 1. The zero-order chi connectivity index (χ0) is 13.7. The number of carbonyl (C=O) groups is 2. The Balaban J connectivity index is 3.37. The second kappa shape index (κ2) is 5.98. The molecule has 0 fully saturated rings. The van der Waals surface area contributed by atoms with Gasteiger partial charge in [-0.1, -0.05) is 11.6 Å². The number of esters is 2. The molecule has 6 nitrogen and oxygen atoms in total. The fraction of sp³-hybridized carbons (Fsp3) is 0.273. The van der Waals surface area contributed by atoms with E-state index in [9.17, 15) is 9.59 Å². The number of hydrogen-bond donors (Lipinski definition) is 0. The summed E-state index contributed by atoms with van der Waals surface area (Å²) in [5.74, 6) is -3.16. The molecule has 0 saturated carbocycles. The lowest BCUT2D eigenvalue weighted by Crippen LogP contribution is -2.26. The van der Waals surface area contributed by atoms with Crippen molar-refractivity contribution in [1.82, 2.24) is 4.98 Å². The third-order valence-electron chi connectivity index (χ3n) is 2.16. The zero-order valence-corrected chi connectivity index (χ0v) is 10.4. The number of halogens is 1. The van der Waals surface area contributed by atoms with E-state index < -0.39 is 17.9 Å². The molecule has 0 aliphatic rings. The summed E-state index contributed by atoms with van der Waals surface area (Å²) in [4.78, 5) is 27.0. The Hall–Kier alpha value is -2.13. The number of hydrogen-bond acceptors (Lipinski definition) is 6. The van der Waals surface area contributed by atoms with Gasteiger partial charge in [0.05, 0.1) is 25.5 Å². The summed E-state index contributed by atoms with van der Waals surface area (Å²) < 4.78 is 8.99. The number of methoxy groups -OCH3 is 2. The van der Waals surface area contributed by atoms with Crippen molar-refractivity contribution in [3.05, 3.63) is 28.5 Å². The fourth-order valence-corrected chi connectivity index (χ4v) is 1.47. The highest BCUT2D eigenvalue weighted by Gasteiger charge is 2.34. The van der Waals surface area contributed by atoms with E-state index >= 15 is 0 Å². The van der Waals surface area contributed by atoms with Gasteiger partial charge in [-0.25, -0.2) is 4.98 Å². The van der Waals surface area contributed by atoms with Crippen LogP contribution in [0.1, 0.15) is 17.2 Å². The van der Waals surface area contributed by atoms with Crippen LogP contribution in [0.4, 0.5) is 0 Å². The molecule has 1 aromatic rings. The van der Waals surface area contributed by atoms with Gasteiger partial charge >= 0.3 is 11.9 Å². The Kier molecular flexibility index (Phi) is 4.63. The van der Waals surface area contributed by atoms with E-state index in [1.807, 2.05) is 6.07 Å². The lowest BCUT2D eigenvalue weighted by atomic mass is 10.0. The lowest BCUT2D eigenvalue weighted by Gasteiger charge is -2.13. The maximum Gasteiger partial charge on any atom is 0.326 e. The topological polar surface area (TPSA) is 89.3 Å². The second-order valence-electron chi connectivity index (χ2n) is 3.16. The van der Waals surface area contributed by atoms with Gasteiger partial charge in [-0.05, 0) is 12.1 Å². The molecule has 0 aliphatic heterocycles. The van der Waals surface area contributed by atoms with Crippen LogP contribution in [-0.2, 0) is 19.1 Å². The van der Waals surface area contributed by atoms with E-state index in [4.69, 9.17) is 16.9 Å². The molecule has 1 heterocycles. The number of nitriles is 1. The maximum absolute atomic E-state index is 11.6. The Morgan fingerprint density at radius 1 is 1.33 bits per heavy atom. The van der Waals surface area contributed by atoms with Crippen molar-refractivity contribution >= 4 is 23.5 Å². The van der Waals surface area contributed by atoms with Gasteiger partial charge in [0.1, 0.15) is 11.2 Å². The standard InChI is InChI=1S/C11H9ClN2O4/c1-17-10(15)8(11(16)18-2)9-6(5-13)3-4-7(12)14-9/h3-4,8H,1-2H3. The molecule has 7 heteroatoms. The summed E-state index contributed by atoms with van der Waals surface area (Å²) in [5.41, 5.74) is -0.0242. The number of nitrogens with zero attached hydrogens (tertiary/aromatic N) is 2. The average Bonchev–Trinajstić information content (AvgIpc) is 2.38. The van der Waals surface area contributed by atoms with Crippen LogP contribution >= 0.6 is 11.6 Å². The Bertz CT molecular complexity index is 508. The van der Waals surface area contributed by atoms with Gasteiger partial charge in [-0.15, -0.1) is 0 Å². The minimum atomic E-state index is -1.42. The molecule has 1 aromatic heterocycles. The van der Waals surface area contributed by atoms with Gasteiger partial charge in [0.2, 0.25) is 0 Å². The summed E-state index contributed by atoms with van der Waals surface area (Å²) >= 11 is 5.69. The van der Waals surface area contributed by atoms with Crippen LogP contribution in [0.25, 0.3) is 0 Å². The molecule has 0 atom stereocenters. The quantitative estimate of drug-likeness (QED) is 0.462. The highest BCUT2D eigenvalue weighted by Crippen LogP contribution is 2.22. The molecule has 94 valence electrons. The van der Waals surface area contributed by atoms with Crippen LogP contribution in [-0.4, -0.2) is 31.1 Å². The SMILES string of the molecule is COC(=O)C(C(=O)OC)c1nc(Cl)ccc1C#N. The number of rotatable bonds is 3. The van der Waals surface area contributed by atoms with Crippen LogP contribution in [0.3, 0.4) is 0 Å². The highest BCUT2D eigenvalue weighted by molar-refractivity contribution is 6.29. The van der Waals surface area contributed by atoms with E-state index in [-0.39, 0.29) is 16.4 Å². The first-order chi connectivity index (χ1) is 8.54. The summed E-state index contributed by atoms with van der Waals surface area (Å²) in [5, 5.41) is 8.99. The number of carbonyl (C=O) groups excluding carboxylic acids is 2. The largest absolute Gasteiger partial charge is 0.468 e. The van der Waals surface area contributed by atoms with Crippen molar-refractivity contribution in [2.75, 3.05) is 14.2 Å². The first-order valence-electron chi connectivity index (χ1n) is 4.77. The average molecular weight is 269 g/mol. The van der Waals surface area contributed by atoms with Gasteiger partial charge in [0.25, 0.3) is 0 Å². The van der Waals surface area contributed by atoms with Crippen molar-refractivity contribution in [2.24, 2.45) is 0 Å². The summed E-state index contributed by atoms with van der Waals surface area (Å²) in [7, 11) is 2.24. The fourth-order valence-electron chi connectivity index (χ4n) is 1.32. The Labute approximate surface area is 108 Å². The first kappa shape index (κ1) is 13.9. The molecule has 0 aromatic carbocycles. The normalized spacial score (nSPS) is 9.72. The van der Waals surface area contributed by atoms with E-state index in [1.54, 1.807) is 0 Å². The molecule has 0 saturated heterocycles. The maximum atomic E-state index is 11.6. The van der Waals surface area contributed by atoms with Gasteiger partial charge in [-0.3, -0.25) is 9.59 Å². The number of aromatic nitrogens is 1. The van der Waals surface area contributed by atoms with Crippen molar-refractivity contribution < 1.29 is 19.1 Å². The van der Waals surface area contributed by atoms with Gasteiger partial charge in [0, 0.05) is 0 Å². The van der Waals surface area contributed by atoms with Gasteiger partial charge in [0.15, 0.2) is 5.92 Å². The Morgan fingerprint density at radius 2 is 1.89 bits per heavy atom. The summed E-state index contributed by atoms with van der Waals surface area (Å²) in [6.45, 7) is 0. The molecule has 0 amide bonds. The smallest absolute Gasteiger partial charge is 0.326 e. The molecule has 0 aliphatic carbocycles. The van der Waals surface area contributed by atoms with E-state index in [0.717, 1.165) is 14.2 Å². The van der Waals surface area contributed by atoms with Crippen molar-refractivity contribution in [2.45, 2.75) is 5.92 Å². The molecule has 0 radical (unpaired) electrons. The molecule has 18 heavy (non-hydrogen) atoms. The van der Waals surface area contributed by atoms with E-state index in [2.05, 4.69) is 14.5 Å². The highest BCUT2D eigenvalue weighted by atomic mass is 35.5. The minimum Gasteiger partial charge on any atom is -0.468 e. The van der Waals surface area contributed by atoms with Gasteiger partial charge < -0.3 is 9.47 Å². The molecular formula is C11H9ClN2O4. The van der Waals surface area contributed by atoms with Crippen LogP contribution in [0.2, 0.25) is 5.15 Å². The molecule has 0 unspecified atom stereocenters. The predicted molar refractivity (Wildman–Crippen MR) is 60.7 cm³/mol. The second-order valence-corrected chi connectivity index (χ2v) is 3.55. The zero-order valence-electron chi connectivity index (χ0n) is 9.64. The van der Waals surface area contributed by atoms with Crippen LogP contribution in [0, 0.1) is 11.3 Å². The van der Waals surface area contributed by atoms with Crippen LogP contribution < -0.4 is 0 Å². The lowest BCUT2D eigenvalue weighted by molar-refractivity contribution is -0.154. The van der Waals surface area contributed by atoms with Crippen molar-refractivity contribution in [1.29, 1.82) is 5.26 Å². The summed E-state index contributed by atoms with van der Waals surface area (Å²) in [6.07, 6.45) is 0. The molecular weight excluding hydrogens is 260 g/mol. The monoisotopic (exact) mass is 268 g/mol. The molecule has 0 spiro atoms. The van der Waals surface area contributed by atoms with Crippen LogP contribution in [0.5, 0.6) is 0 Å². The Morgan fingerprint density at radius 3 is 2.33 bits per heavy atom. The van der Waals surface area contributed by atoms with Gasteiger partial charge in [-0.2, -0.15) is 5.26 Å². The van der Waals surface area contributed by atoms with E-state index in [1.165, 1.54) is 12.1 Å². The van der Waals surface area contributed by atoms with Crippen LogP contribution in [0.15, 0.2) is 12.1 Å². The van der Waals surface area contributed by atoms with Crippen molar-refractivity contribution in [3.63, 3.8) is 0 Å². The molecule has 0 bridgehead atoms. The number of ether oxygens (including phenoxy) is 2. The minimum absolute atomic E-state index is 0.0557. The van der Waals surface area contributed by atoms with Crippen molar-refractivity contribution in [3.8, 4) is 6.07 Å². The first-order valence-corrected chi connectivity index (χ1v) is 5.15. The molecule has 0 N–H and O–H groups in total. The molecule has 1 rings (SSSR count). The van der Waals surface area contributed by atoms with E-state index in [0.29, 0.717) is 0 Å². The summed E-state index contributed by atoms with van der Waals surface area (Å²) in [6, 6.07) is 4.57. The predicted octanol–water partition coefficient (Wildman–Crippen LogP) is 1.04. The third kappa shape index (κ3) is 2.76.